The summed E-state index contributed by atoms with van der Waals surface area (Å²) in [6.07, 6.45) is 0. The molecule has 8 heteroatoms. The largest absolute Gasteiger partial charge is 0.454 e. The lowest BCUT2D eigenvalue weighted by Crippen LogP contribution is -2.34. The van der Waals surface area contributed by atoms with Gasteiger partial charge in [0, 0.05) is 13.1 Å². The first-order chi connectivity index (χ1) is 13.0. The Labute approximate surface area is 155 Å². The number of benzene rings is 2. The maximum Gasteiger partial charge on any atom is 0.387 e. The van der Waals surface area contributed by atoms with Crippen LogP contribution < -0.4 is 19.5 Å². The third kappa shape index (κ3) is 5.55. The zero-order chi connectivity index (χ0) is 19.2. The van der Waals surface area contributed by atoms with Gasteiger partial charge in [-0.3, -0.25) is 9.69 Å². The molecule has 1 aliphatic rings. The van der Waals surface area contributed by atoms with Gasteiger partial charge in [0.15, 0.2) is 11.5 Å². The second-order valence-electron chi connectivity index (χ2n) is 6.16. The predicted molar refractivity (Wildman–Crippen MR) is 93.8 cm³/mol. The Morgan fingerprint density at radius 2 is 1.85 bits per heavy atom. The van der Waals surface area contributed by atoms with Crippen LogP contribution >= 0.6 is 0 Å². The van der Waals surface area contributed by atoms with Crippen LogP contribution in [0.5, 0.6) is 17.2 Å². The molecule has 144 valence electrons. The summed E-state index contributed by atoms with van der Waals surface area (Å²) in [6, 6.07) is 11.9. The van der Waals surface area contributed by atoms with Crippen LogP contribution in [0.1, 0.15) is 11.1 Å². The molecule has 0 saturated heterocycles. The van der Waals surface area contributed by atoms with Gasteiger partial charge < -0.3 is 19.5 Å². The van der Waals surface area contributed by atoms with Crippen molar-refractivity contribution >= 4 is 5.91 Å². The van der Waals surface area contributed by atoms with E-state index < -0.39 is 6.61 Å². The lowest BCUT2D eigenvalue weighted by molar-refractivity contribution is -0.122. The number of fused-ring (bicyclic) bond motifs is 1. The van der Waals surface area contributed by atoms with Crippen LogP contribution in [-0.2, 0) is 17.9 Å². The van der Waals surface area contributed by atoms with E-state index in [0.717, 1.165) is 11.1 Å². The van der Waals surface area contributed by atoms with E-state index in [2.05, 4.69) is 10.1 Å². The van der Waals surface area contributed by atoms with Crippen molar-refractivity contribution in [2.45, 2.75) is 19.7 Å². The number of hydrogen-bond donors (Lipinski definition) is 1. The average molecular weight is 378 g/mol. The van der Waals surface area contributed by atoms with Gasteiger partial charge in [-0.15, -0.1) is 0 Å². The molecule has 1 amide bonds. The Hall–Kier alpha value is -2.87. The number of rotatable bonds is 8. The SMILES string of the molecule is CN(CC(=O)NCc1ccc2c(c1)OCO2)Cc1ccc(OC(F)F)cc1. The minimum Gasteiger partial charge on any atom is -0.454 e. The predicted octanol–water partition coefficient (Wildman–Crippen LogP) is 2.76. The van der Waals surface area contributed by atoms with Crippen LogP contribution in [-0.4, -0.2) is 37.8 Å². The number of alkyl halides is 2. The molecule has 0 atom stereocenters. The van der Waals surface area contributed by atoms with Gasteiger partial charge in [-0.25, -0.2) is 0 Å². The molecule has 1 aliphatic heterocycles. The number of carbonyl (C=O) groups is 1. The third-order valence-corrected chi connectivity index (χ3v) is 3.94. The number of likely N-dealkylation sites (N-methyl/N-ethyl adjacent to an activating group) is 1. The van der Waals surface area contributed by atoms with Crippen molar-refractivity contribution in [3.05, 3.63) is 53.6 Å². The smallest absolute Gasteiger partial charge is 0.387 e. The highest BCUT2D eigenvalue weighted by Crippen LogP contribution is 2.32. The molecule has 27 heavy (non-hydrogen) atoms. The van der Waals surface area contributed by atoms with Crippen LogP contribution in [0.25, 0.3) is 0 Å². The summed E-state index contributed by atoms with van der Waals surface area (Å²) >= 11 is 0. The maximum absolute atomic E-state index is 12.1. The molecule has 0 saturated carbocycles. The first-order valence-corrected chi connectivity index (χ1v) is 8.37. The number of carbonyl (C=O) groups excluding carboxylic acids is 1. The molecule has 0 aromatic heterocycles. The Bertz CT molecular complexity index is 784. The van der Waals surface area contributed by atoms with Crippen LogP contribution in [0.4, 0.5) is 8.78 Å². The molecular formula is C19H20F2N2O4. The Kier molecular flexibility index (Phi) is 6.08. The lowest BCUT2D eigenvalue weighted by Gasteiger charge is -2.17. The van der Waals surface area contributed by atoms with Crippen molar-refractivity contribution in [2.75, 3.05) is 20.4 Å². The first kappa shape index (κ1) is 18.9. The summed E-state index contributed by atoms with van der Waals surface area (Å²) in [6.45, 7) is -1.52. The summed E-state index contributed by atoms with van der Waals surface area (Å²) < 4.78 is 39.2. The monoisotopic (exact) mass is 378 g/mol. The highest BCUT2D eigenvalue weighted by Gasteiger charge is 2.14. The normalized spacial score (nSPS) is 12.5. The molecule has 0 spiro atoms. The van der Waals surface area contributed by atoms with Crippen molar-refractivity contribution in [1.82, 2.24) is 10.2 Å². The molecule has 0 bridgehead atoms. The number of nitrogens with zero attached hydrogens (tertiary/aromatic N) is 1. The molecule has 0 fully saturated rings. The summed E-state index contributed by atoms with van der Waals surface area (Å²) in [5.74, 6) is 1.37. The Morgan fingerprint density at radius 3 is 2.59 bits per heavy atom. The molecule has 3 rings (SSSR count). The lowest BCUT2D eigenvalue weighted by atomic mass is 10.2. The molecule has 2 aromatic rings. The summed E-state index contributed by atoms with van der Waals surface area (Å²) in [5, 5.41) is 2.86. The van der Waals surface area contributed by atoms with E-state index in [0.29, 0.717) is 24.6 Å². The van der Waals surface area contributed by atoms with Gasteiger partial charge in [-0.05, 0) is 42.4 Å². The van der Waals surface area contributed by atoms with Gasteiger partial charge in [0.1, 0.15) is 5.75 Å². The fourth-order valence-corrected chi connectivity index (χ4v) is 2.70. The Balaban J connectivity index is 1.43. The van der Waals surface area contributed by atoms with E-state index in [1.807, 2.05) is 30.1 Å². The van der Waals surface area contributed by atoms with Crippen LogP contribution in [0, 0.1) is 0 Å². The second kappa shape index (κ2) is 8.68. The summed E-state index contributed by atoms with van der Waals surface area (Å²) in [5.41, 5.74) is 1.81. The van der Waals surface area contributed by atoms with Crippen LogP contribution in [0.2, 0.25) is 0 Å². The zero-order valence-corrected chi connectivity index (χ0v) is 14.8. The maximum atomic E-state index is 12.1. The highest BCUT2D eigenvalue weighted by atomic mass is 19.3. The quantitative estimate of drug-likeness (QED) is 0.766. The summed E-state index contributed by atoms with van der Waals surface area (Å²) in [7, 11) is 1.81. The van der Waals surface area contributed by atoms with E-state index in [9.17, 15) is 13.6 Å². The number of amides is 1. The van der Waals surface area contributed by atoms with Crippen molar-refractivity contribution in [2.24, 2.45) is 0 Å². The Morgan fingerprint density at radius 1 is 1.15 bits per heavy atom. The van der Waals surface area contributed by atoms with Crippen LogP contribution in [0.3, 0.4) is 0 Å². The molecular weight excluding hydrogens is 358 g/mol. The minimum atomic E-state index is -2.84. The van der Waals surface area contributed by atoms with Crippen molar-refractivity contribution in [3.8, 4) is 17.2 Å². The van der Waals surface area contributed by atoms with Gasteiger partial charge in [0.25, 0.3) is 0 Å². The topological polar surface area (TPSA) is 60.0 Å². The van der Waals surface area contributed by atoms with Gasteiger partial charge in [-0.2, -0.15) is 8.78 Å². The number of hydrogen-bond acceptors (Lipinski definition) is 5. The van der Waals surface area contributed by atoms with Gasteiger partial charge >= 0.3 is 6.61 Å². The second-order valence-corrected chi connectivity index (χ2v) is 6.16. The molecule has 0 unspecified atom stereocenters. The molecule has 2 aromatic carbocycles. The number of halogens is 2. The first-order valence-electron chi connectivity index (χ1n) is 8.37. The minimum absolute atomic E-state index is 0.109. The highest BCUT2D eigenvalue weighted by molar-refractivity contribution is 5.78. The standard InChI is InChI=1S/C19H20F2N2O4/c1-23(10-13-2-5-15(6-3-13)27-19(20)21)11-18(24)22-9-14-4-7-16-17(8-14)26-12-25-16/h2-8,19H,9-12H2,1H3,(H,22,24). The van der Waals surface area contributed by atoms with E-state index >= 15 is 0 Å². The van der Waals surface area contributed by atoms with E-state index in [4.69, 9.17) is 9.47 Å². The fourth-order valence-electron chi connectivity index (χ4n) is 2.70. The van der Waals surface area contributed by atoms with Crippen molar-refractivity contribution < 1.29 is 27.8 Å². The van der Waals surface area contributed by atoms with E-state index in [1.54, 1.807) is 12.1 Å². The summed E-state index contributed by atoms with van der Waals surface area (Å²) in [4.78, 5) is 13.9. The molecule has 1 heterocycles. The van der Waals surface area contributed by atoms with Crippen LogP contribution in [0.15, 0.2) is 42.5 Å². The molecule has 0 radical (unpaired) electrons. The fraction of sp³-hybridized carbons (Fsp3) is 0.316. The van der Waals surface area contributed by atoms with Crippen molar-refractivity contribution in [3.63, 3.8) is 0 Å². The number of ether oxygens (including phenoxy) is 3. The zero-order valence-electron chi connectivity index (χ0n) is 14.8. The van der Waals surface area contributed by atoms with E-state index in [1.165, 1.54) is 12.1 Å². The van der Waals surface area contributed by atoms with Gasteiger partial charge in [-0.1, -0.05) is 18.2 Å². The molecule has 6 nitrogen and oxygen atoms in total. The third-order valence-electron chi connectivity index (χ3n) is 3.94. The van der Waals surface area contributed by atoms with E-state index in [-0.39, 0.29) is 25.0 Å². The van der Waals surface area contributed by atoms with Gasteiger partial charge in [0.2, 0.25) is 12.7 Å². The number of nitrogens with one attached hydrogen (secondary N) is 1. The average Bonchev–Trinajstić information content (AvgIpc) is 3.09. The molecule has 1 N–H and O–H groups in total. The molecule has 0 aliphatic carbocycles. The van der Waals surface area contributed by atoms with Crippen molar-refractivity contribution in [1.29, 1.82) is 0 Å². The van der Waals surface area contributed by atoms with Gasteiger partial charge in [0.05, 0.1) is 6.54 Å².